The van der Waals surface area contributed by atoms with Crippen molar-refractivity contribution in [3.8, 4) is 0 Å². The molecule has 0 aliphatic rings. The zero-order valence-electron chi connectivity index (χ0n) is 9.67. The highest BCUT2D eigenvalue weighted by Crippen LogP contribution is 2.21. The second-order valence-corrected chi connectivity index (χ2v) is 4.04. The lowest BCUT2D eigenvalue weighted by Gasteiger charge is -2.27. The molecule has 0 aromatic heterocycles. The topological polar surface area (TPSA) is 46.5 Å². The molecule has 0 aliphatic carbocycles. The summed E-state index contributed by atoms with van der Waals surface area (Å²) in [5, 5.41) is 9.06. The molecule has 14 heavy (non-hydrogen) atoms. The summed E-state index contributed by atoms with van der Waals surface area (Å²) in [6, 6.07) is 0. The van der Waals surface area contributed by atoms with Gasteiger partial charge in [0, 0.05) is 6.61 Å². The number of aliphatic carboxylic acids is 1. The highest BCUT2D eigenvalue weighted by atomic mass is 16.5. The van der Waals surface area contributed by atoms with Crippen LogP contribution in [0.3, 0.4) is 0 Å². The van der Waals surface area contributed by atoms with Gasteiger partial charge < -0.3 is 9.84 Å². The number of hydrogen-bond donors (Lipinski definition) is 1. The van der Waals surface area contributed by atoms with E-state index < -0.39 is 11.6 Å². The van der Waals surface area contributed by atoms with E-state index in [4.69, 9.17) is 9.84 Å². The van der Waals surface area contributed by atoms with Gasteiger partial charge in [-0.15, -0.1) is 0 Å². The number of carboxylic acid groups (broad SMARTS) is 1. The molecule has 0 aromatic carbocycles. The molecule has 0 amide bonds. The van der Waals surface area contributed by atoms with E-state index >= 15 is 0 Å². The maximum absolute atomic E-state index is 11.0. The predicted molar refractivity (Wildman–Crippen MR) is 56.4 cm³/mol. The van der Waals surface area contributed by atoms with Gasteiger partial charge in [0.2, 0.25) is 0 Å². The zero-order valence-corrected chi connectivity index (χ0v) is 9.67. The number of hydrogen-bond acceptors (Lipinski definition) is 2. The summed E-state index contributed by atoms with van der Waals surface area (Å²) >= 11 is 0. The van der Waals surface area contributed by atoms with Gasteiger partial charge in [0.25, 0.3) is 0 Å². The molecule has 0 unspecified atom stereocenters. The van der Waals surface area contributed by atoms with Crippen LogP contribution in [0.4, 0.5) is 0 Å². The van der Waals surface area contributed by atoms with Gasteiger partial charge in [-0.3, -0.25) is 0 Å². The third-order valence-electron chi connectivity index (χ3n) is 2.61. The van der Waals surface area contributed by atoms with Crippen molar-refractivity contribution in [3.63, 3.8) is 0 Å². The van der Waals surface area contributed by atoms with Gasteiger partial charge in [0.05, 0.1) is 0 Å². The summed E-state index contributed by atoms with van der Waals surface area (Å²) in [5.41, 5.74) is -0.963. The Morgan fingerprint density at radius 1 is 1.36 bits per heavy atom. The van der Waals surface area contributed by atoms with E-state index in [0.29, 0.717) is 25.4 Å². The molecule has 0 saturated heterocycles. The lowest BCUT2D eigenvalue weighted by Crippen LogP contribution is -2.40. The second-order valence-electron chi connectivity index (χ2n) is 4.04. The summed E-state index contributed by atoms with van der Waals surface area (Å²) in [7, 11) is 0. The summed E-state index contributed by atoms with van der Waals surface area (Å²) in [5.74, 6) is -0.290. The van der Waals surface area contributed by atoms with Gasteiger partial charge in [-0.05, 0) is 25.2 Å². The molecule has 0 aliphatic heterocycles. The smallest absolute Gasteiger partial charge is 0.335 e. The summed E-state index contributed by atoms with van der Waals surface area (Å²) in [6.07, 6.45) is 1.96. The number of rotatable bonds is 7. The van der Waals surface area contributed by atoms with Crippen molar-refractivity contribution in [2.45, 2.75) is 52.6 Å². The van der Waals surface area contributed by atoms with Gasteiger partial charge in [0.1, 0.15) is 0 Å². The van der Waals surface area contributed by atoms with Crippen molar-refractivity contribution in [2.24, 2.45) is 5.92 Å². The molecule has 0 fully saturated rings. The Balaban J connectivity index is 4.16. The first-order chi connectivity index (χ1) is 6.48. The van der Waals surface area contributed by atoms with E-state index in [1.807, 2.05) is 13.8 Å². The van der Waals surface area contributed by atoms with E-state index in [2.05, 4.69) is 13.8 Å². The molecule has 84 valence electrons. The molecule has 0 aromatic rings. The van der Waals surface area contributed by atoms with Crippen LogP contribution in [0.15, 0.2) is 0 Å². The van der Waals surface area contributed by atoms with Gasteiger partial charge in [0.15, 0.2) is 5.60 Å². The molecule has 3 nitrogen and oxygen atoms in total. The highest BCUT2D eigenvalue weighted by Gasteiger charge is 2.35. The van der Waals surface area contributed by atoms with Gasteiger partial charge in [-0.25, -0.2) is 4.79 Å². The van der Waals surface area contributed by atoms with Crippen molar-refractivity contribution < 1.29 is 14.6 Å². The molecule has 0 rings (SSSR count). The standard InChI is InChI=1S/C11H22O3/c1-5-11(6-2,10(12)13)14-8-7-9(3)4/h9H,5-8H2,1-4H3,(H,12,13). The minimum absolute atomic E-state index is 0.525. The third-order valence-corrected chi connectivity index (χ3v) is 2.61. The van der Waals surface area contributed by atoms with Crippen LogP contribution in [-0.4, -0.2) is 23.3 Å². The molecule has 0 spiro atoms. The maximum Gasteiger partial charge on any atom is 0.335 e. The van der Waals surface area contributed by atoms with Crippen LogP contribution in [0.25, 0.3) is 0 Å². The fraction of sp³-hybridized carbons (Fsp3) is 0.909. The largest absolute Gasteiger partial charge is 0.479 e. The van der Waals surface area contributed by atoms with Crippen molar-refractivity contribution >= 4 is 5.97 Å². The lowest BCUT2D eigenvalue weighted by atomic mass is 9.97. The monoisotopic (exact) mass is 202 g/mol. The first-order valence-electron chi connectivity index (χ1n) is 5.35. The Kier molecular flexibility index (Phi) is 5.77. The first kappa shape index (κ1) is 13.4. The van der Waals surface area contributed by atoms with E-state index in [1.54, 1.807) is 0 Å². The second kappa shape index (κ2) is 6.02. The van der Waals surface area contributed by atoms with E-state index in [9.17, 15) is 4.79 Å². The maximum atomic E-state index is 11.0. The molecule has 3 heteroatoms. The number of ether oxygens (including phenoxy) is 1. The highest BCUT2D eigenvalue weighted by molar-refractivity contribution is 5.77. The van der Waals surface area contributed by atoms with Gasteiger partial charge in [-0.1, -0.05) is 27.7 Å². The van der Waals surface area contributed by atoms with Crippen molar-refractivity contribution in [1.82, 2.24) is 0 Å². The zero-order chi connectivity index (χ0) is 11.2. The Morgan fingerprint density at radius 3 is 2.14 bits per heavy atom. The Labute approximate surface area is 86.5 Å². The lowest BCUT2D eigenvalue weighted by molar-refractivity contribution is -0.167. The van der Waals surface area contributed by atoms with Crippen LogP contribution in [-0.2, 0) is 9.53 Å². The van der Waals surface area contributed by atoms with Crippen molar-refractivity contribution in [2.75, 3.05) is 6.61 Å². The quantitative estimate of drug-likeness (QED) is 0.690. The van der Waals surface area contributed by atoms with Gasteiger partial charge in [-0.2, -0.15) is 0 Å². The molecule has 0 heterocycles. The molecule has 1 N–H and O–H groups in total. The molecule has 0 bridgehead atoms. The van der Waals surface area contributed by atoms with Crippen LogP contribution in [0.1, 0.15) is 47.0 Å². The van der Waals surface area contributed by atoms with Crippen LogP contribution >= 0.6 is 0 Å². The molecular weight excluding hydrogens is 180 g/mol. The normalized spacial score (nSPS) is 12.1. The minimum atomic E-state index is -0.963. The van der Waals surface area contributed by atoms with Crippen molar-refractivity contribution in [3.05, 3.63) is 0 Å². The number of carbonyl (C=O) groups is 1. The SMILES string of the molecule is CCC(CC)(OCCC(C)C)C(=O)O. The van der Waals surface area contributed by atoms with Gasteiger partial charge >= 0.3 is 5.97 Å². The van der Waals surface area contributed by atoms with Crippen LogP contribution < -0.4 is 0 Å². The Morgan fingerprint density at radius 2 is 1.86 bits per heavy atom. The predicted octanol–water partition coefficient (Wildman–Crippen LogP) is 2.69. The van der Waals surface area contributed by atoms with E-state index in [0.717, 1.165) is 6.42 Å². The van der Waals surface area contributed by atoms with Crippen LogP contribution in [0, 0.1) is 5.92 Å². The molecule has 0 atom stereocenters. The Bertz CT molecular complexity index is 171. The Hall–Kier alpha value is -0.570. The van der Waals surface area contributed by atoms with Crippen LogP contribution in [0.5, 0.6) is 0 Å². The average Bonchev–Trinajstić information content (AvgIpc) is 2.12. The van der Waals surface area contributed by atoms with E-state index in [1.165, 1.54) is 0 Å². The summed E-state index contributed by atoms with van der Waals surface area (Å²) in [4.78, 5) is 11.0. The molecular formula is C11H22O3. The van der Waals surface area contributed by atoms with E-state index in [-0.39, 0.29) is 0 Å². The van der Waals surface area contributed by atoms with Crippen LogP contribution in [0.2, 0.25) is 0 Å². The molecule has 0 saturated carbocycles. The fourth-order valence-corrected chi connectivity index (χ4v) is 1.31. The minimum Gasteiger partial charge on any atom is -0.479 e. The average molecular weight is 202 g/mol. The first-order valence-corrected chi connectivity index (χ1v) is 5.35. The van der Waals surface area contributed by atoms with Crippen molar-refractivity contribution in [1.29, 1.82) is 0 Å². The summed E-state index contributed by atoms with van der Waals surface area (Å²) in [6.45, 7) is 8.44. The fourth-order valence-electron chi connectivity index (χ4n) is 1.31. The number of carboxylic acids is 1. The molecule has 0 radical (unpaired) electrons. The third kappa shape index (κ3) is 3.66. The summed E-state index contributed by atoms with van der Waals surface area (Å²) < 4.78 is 5.50.